The number of sulfonamides is 1. The van der Waals surface area contributed by atoms with Gasteiger partial charge >= 0.3 is 5.97 Å². The molecule has 1 atom stereocenters. The van der Waals surface area contributed by atoms with Gasteiger partial charge in [-0.1, -0.05) is 5.16 Å². The van der Waals surface area contributed by atoms with Crippen molar-refractivity contribution in [2.45, 2.75) is 37.0 Å². The lowest BCUT2D eigenvalue weighted by Gasteiger charge is -2.13. The van der Waals surface area contributed by atoms with E-state index in [0.717, 1.165) is 0 Å². The van der Waals surface area contributed by atoms with Gasteiger partial charge in [0.1, 0.15) is 11.7 Å². The molecule has 2 aromatic rings. The molecule has 10 nitrogen and oxygen atoms in total. The number of carboxylic acids is 1. The lowest BCUT2D eigenvalue weighted by Crippen LogP contribution is -2.32. The molecule has 1 saturated carbocycles. The number of rotatable bonds is 8. The predicted molar refractivity (Wildman–Crippen MR) is 80.0 cm³/mol. The van der Waals surface area contributed by atoms with Crippen LogP contribution < -0.4 is 4.72 Å². The Bertz CT molecular complexity index is 818. The number of carbonyl (C=O) groups is 1. The highest BCUT2D eigenvalue weighted by molar-refractivity contribution is 7.90. The van der Waals surface area contributed by atoms with E-state index >= 15 is 0 Å². The van der Waals surface area contributed by atoms with E-state index in [0.29, 0.717) is 18.5 Å². The third-order valence-corrected chi connectivity index (χ3v) is 5.41. The number of nitrogens with one attached hydrogen (secondary N) is 1. The second kappa shape index (κ2) is 6.61. The molecule has 0 aromatic carbocycles. The minimum Gasteiger partial charge on any atom is -0.481 e. The summed E-state index contributed by atoms with van der Waals surface area (Å²) >= 11 is 0. The van der Waals surface area contributed by atoms with Crippen molar-refractivity contribution in [3.63, 3.8) is 0 Å². The molecule has 0 saturated heterocycles. The van der Waals surface area contributed by atoms with Gasteiger partial charge < -0.3 is 9.63 Å². The maximum Gasteiger partial charge on any atom is 0.303 e. The number of hydrogen-bond donors (Lipinski definition) is 2. The molecule has 24 heavy (non-hydrogen) atoms. The summed E-state index contributed by atoms with van der Waals surface area (Å²) in [5.41, 5.74) is 0.370. The third-order valence-electron chi connectivity index (χ3n) is 3.45. The van der Waals surface area contributed by atoms with Crippen LogP contribution in [0, 0.1) is 0 Å². The van der Waals surface area contributed by atoms with Crippen LogP contribution in [-0.4, -0.2) is 44.9 Å². The molecule has 1 aliphatic rings. The molecular formula is C13H15N5O5S. The second-order valence-electron chi connectivity index (χ2n) is 5.39. The van der Waals surface area contributed by atoms with Gasteiger partial charge in [0, 0.05) is 18.8 Å². The van der Waals surface area contributed by atoms with Crippen molar-refractivity contribution in [2.75, 3.05) is 0 Å². The zero-order valence-electron chi connectivity index (χ0n) is 12.5. The van der Waals surface area contributed by atoms with Crippen LogP contribution in [0.2, 0.25) is 0 Å². The molecule has 0 radical (unpaired) electrons. The smallest absolute Gasteiger partial charge is 0.303 e. The molecule has 2 N–H and O–H groups in total. The number of carboxylic acid groups (broad SMARTS) is 1. The van der Waals surface area contributed by atoms with E-state index in [4.69, 9.17) is 9.63 Å². The average molecular weight is 353 g/mol. The van der Waals surface area contributed by atoms with E-state index in [-0.39, 0.29) is 24.6 Å². The Hall–Kier alpha value is -2.40. The molecule has 11 heteroatoms. The van der Waals surface area contributed by atoms with Crippen LogP contribution in [0.3, 0.4) is 0 Å². The third kappa shape index (κ3) is 3.92. The maximum atomic E-state index is 12.1. The summed E-state index contributed by atoms with van der Waals surface area (Å²) in [7, 11) is -3.54. The lowest BCUT2D eigenvalue weighted by molar-refractivity contribution is -0.137. The van der Waals surface area contributed by atoms with Gasteiger partial charge in [-0.3, -0.25) is 9.78 Å². The van der Waals surface area contributed by atoms with Gasteiger partial charge in [0.05, 0.1) is 11.4 Å². The van der Waals surface area contributed by atoms with E-state index in [2.05, 4.69) is 24.8 Å². The van der Waals surface area contributed by atoms with Gasteiger partial charge in [-0.25, -0.2) is 18.1 Å². The Labute approximate surface area is 137 Å². The number of nitrogens with zero attached hydrogens (tertiary/aromatic N) is 4. The molecule has 3 rings (SSSR count). The Balaban J connectivity index is 1.82. The topological polar surface area (TPSA) is 148 Å². The van der Waals surface area contributed by atoms with Gasteiger partial charge in [0.25, 0.3) is 0 Å². The Morgan fingerprint density at radius 1 is 1.42 bits per heavy atom. The molecular weight excluding hydrogens is 338 g/mol. The summed E-state index contributed by atoms with van der Waals surface area (Å²) in [6.07, 6.45) is 5.34. The molecule has 1 fully saturated rings. The fourth-order valence-electron chi connectivity index (χ4n) is 2.07. The van der Waals surface area contributed by atoms with Gasteiger partial charge in [0.15, 0.2) is 0 Å². The summed E-state index contributed by atoms with van der Waals surface area (Å²) in [5.74, 6) is -0.885. The first kappa shape index (κ1) is 16.5. The van der Waals surface area contributed by atoms with Crippen LogP contribution in [0.1, 0.15) is 37.6 Å². The van der Waals surface area contributed by atoms with Crippen LogP contribution in [0.4, 0.5) is 0 Å². The molecule has 2 heterocycles. The van der Waals surface area contributed by atoms with E-state index in [1.807, 2.05) is 0 Å². The lowest BCUT2D eigenvalue weighted by atomic mass is 10.2. The van der Waals surface area contributed by atoms with Crippen molar-refractivity contribution in [1.29, 1.82) is 0 Å². The van der Waals surface area contributed by atoms with Crippen molar-refractivity contribution in [1.82, 2.24) is 24.8 Å². The van der Waals surface area contributed by atoms with Gasteiger partial charge in [-0.2, -0.15) is 4.98 Å². The normalized spacial score (nSPS) is 16.0. The summed E-state index contributed by atoms with van der Waals surface area (Å²) in [6.45, 7) is 0. The van der Waals surface area contributed by atoms with Crippen molar-refractivity contribution < 1.29 is 22.8 Å². The number of hydrogen-bond acceptors (Lipinski definition) is 8. The van der Waals surface area contributed by atoms with Gasteiger partial charge in [-0.05, 0) is 19.3 Å². The van der Waals surface area contributed by atoms with Gasteiger partial charge in [0.2, 0.25) is 21.7 Å². The largest absolute Gasteiger partial charge is 0.481 e. The van der Waals surface area contributed by atoms with Crippen molar-refractivity contribution >= 4 is 16.0 Å². The quantitative estimate of drug-likeness (QED) is 0.692. The Morgan fingerprint density at radius 3 is 2.83 bits per heavy atom. The predicted octanol–water partition coefficient (Wildman–Crippen LogP) is 0.514. The molecule has 0 spiro atoms. The summed E-state index contributed by atoms with van der Waals surface area (Å²) in [4.78, 5) is 22.9. The summed E-state index contributed by atoms with van der Waals surface area (Å²) < 4.78 is 31.8. The monoisotopic (exact) mass is 353 g/mol. The standard InChI is InChI=1S/C13H15N5O5S/c19-11(20)4-3-9(18-24(21,22)8-1-2-8)13-16-12(17-23-13)10-7-14-5-6-15-10/h5-9,18H,1-4H2,(H,19,20)/t9-/m0/s1. The molecule has 0 amide bonds. The van der Waals surface area contributed by atoms with E-state index in [1.165, 1.54) is 18.6 Å². The highest BCUT2D eigenvalue weighted by Crippen LogP contribution is 2.30. The van der Waals surface area contributed by atoms with Crippen LogP contribution >= 0.6 is 0 Å². The van der Waals surface area contributed by atoms with Gasteiger partial charge in [-0.15, -0.1) is 0 Å². The average Bonchev–Trinajstić information content (AvgIpc) is 3.31. The molecule has 1 aliphatic carbocycles. The van der Waals surface area contributed by atoms with E-state index < -0.39 is 27.3 Å². The highest BCUT2D eigenvalue weighted by Gasteiger charge is 2.38. The minimum atomic E-state index is -3.54. The minimum absolute atomic E-state index is 0.00104. The first-order valence-electron chi connectivity index (χ1n) is 7.28. The Kier molecular flexibility index (Phi) is 4.53. The maximum absolute atomic E-state index is 12.1. The highest BCUT2D eigenvalue weighted by atomic mass is 32.2. The second-order valence-corrected chi connectivity index (χ2v) is 7.39. The van der Waals surface area contributed by atoms with Crippen LogP contribution in [0.25, 0.3) is 11.5 Å². The fourth-order valence-corrected chi connectivity index (χ4v) is 3.63. The first-order valence-corrected chi connectivity index (χ1v) is 8.83. The van der Waals surface area contributed by atoms with Crippen LogP contribution in [0.15, 0.2) is 23.1 Å². The molecule has 0 aliphatic heterocycles. The molecule has 128 valence electrons. The number of aliphatic carboxylic acids is 1. The summed E-state index contributed by atoms with van der Waals surface area (Å²) in [6, 6.07) is -0.898. The fraction of sp³-hybridized carbons (Fsp3) is 0.462. The molecule has 0 bridgehead atoms. The molecule has 2 aromatic heterocycles. The Morgan fingerprint density at radius 2 is 2.21 bits per heavy atom. The van der Waals surface area contributed by atoms with Crippen LogP contribution in [-0.2, 0) is 14.8 Å². The zero-order valence-corrected chi connectivity index (χ0v) is 13.3. The first-order chi connectivity index (χ1) is 11.5. The number of aromatic nitrogens is 4. The zero-order chi connectivity index (χ0) is 17.2. The van der Waals surface area contributed by atoms with Crippen LogP contribution in [0.5, 0.6) is 0 Å². The molecule has 0 unspecified atom stereocenters. The van der Waals surface area contributed by atoms with Crippen molar-refractivity contribution in [3.05, 3.63) is 24.5 Å². The van der Waals surface area contributed by atoms with E-state index in [9.17, 15) is 13.2 Å². The van der Waals surface area contributed by atoms with Crippen molar-refractivity contribution in [2.24, 2.45) is 0 Å². The van der Waals surface area contributed by atoms with E-state index in [1.54, 1.807) is 0 Å². The summed E-state index contributed by atoms with van der Waals surface area (Å²) in [5, 5.41) is 12.2. The SMILES string of the molecule is O=C(O)CC[C@H](NS(=O)(=O)C1CC1)c1nc(-c2cnccn2)no1. The van der Waals surface area contributed by atoms with Crippen molar-refractivity contribution in [3.8, 4) is 11.5 Å².